The van der Waals surface area contributed by atoms with Gasteiger partial charge in [0.25, 0.3) is 0 Å². The average Bonchev–Trinajstić information content (AvgIpc) is 3.44. The summed E-state index contributed by atoms with van der Waals surface area (Å²) < 4.78 is 31.0. The van der Waals surface area contributed by atoms with E-state index in [1.807, 2.05) is 41.4 Å². The smallest absolute Gasteiger partial charge is 0.494 e. The summed E-state index contributed by atoms with van der Waals surface area (Å²) in [6, 6.07) is 14.4. The summed E-state index contributed by atoms with van der Waals surface area (Å²) in [5.74, 6) is 1.09. The fraction of sp³-hybridized carbons (Fsp3) is 0.516. The number of ether oxygens (including phenoxy) is 1. The van der Waals surface area contributed by atoms with Gasteiger partial charge in [0.1, 0.15) is 5.75 Å². The lowest BCUT2D eigenvalue weighted by Gasteiger charge is -2.09. The van der Waals surface area contributed by atoms with Gasteiger partial charge in [-0.25, -0.2) is 4.52 Å². The number of benzene rings is 2. The van der Waals surface area contributed by atoms with Crippen LogP contribution in [0.25, 0.3) is 0 Å². The van der Waals surface area contributed by atoms with Crippen molar-refractivity contribution in [2.45, 2.75) is 96.8 Å². The number of hydrogen-bond acceptors (Lipinski definition) is 6. The molecular formula is C31H44NO5PS+2. The number of nitrogens with zero attached hydrogens (tertiary/aromatic N) is 1. The topological polar surface area (TPSA) is 68.9 Å². The molecule has 0 spiro atoms. The van der Waals surface area contributed by atoms with E-state index in [4.69, 9.17) is 13.8 Å². The van der Waals surface area contributed by atoms with Gasteiger partial charge in [-0.05, 0) is 30.7 Å². The highest BCUT2D eigenvalue weighted by Gasteiger charge is 2.29. The Bertz CT molecular complexity index is 1080. The van der Waals surface area contributed by atoms with Gasteiger partial charge >= 0.3 is 8.25 Å². The number of aliphatic hydroxyl groups excluding tert-OH is 1. The molecule has 0 aliphatic heterocycles. The molecule has 1 aromatic heterocycles. The van der Waals surface area contributed by atoms with Gasteiger partial charge in [-0.2, -0.15) is 4.57 Å². The molecule has 0 saturated carbocycles. The Kier molecular flexibility index (Phi) is 15.1. The third-order valence-corrected chi connectivity index (χ3v) is 7.97. The number of thiazole rings is 1. The zero-order valence-electron chi connectivity index (χ0n) is 23.2. The summed E-state index contributed by atoms with van der Waals surface area (Å²) >= 11 is 1.62. The predicted octanol–water partition coefficient (Wildman–Crippen LogP) is 8.91. The van der Waals surface area contributed by atoms with E-state index in [1.165, 1.54) is 64.2 Å². The lowest BCUT2D eigenvalue weighted by atomic mass is 10.1. The van der Waals surface area contributed by atoms with Gasteiger partial charge in [-0.1, -0.05) is 118 Å². The van der Waals surface area contributed by atoms with Gasteiger partial charge in [0.05, 0.1) is 12.0 Å². The molecule has 3 rings (SSSR count). The maximum absolute atomic E-state index is 12.4. The van der Waals surface area contributed by atoms with Crippen LogP contribution in [-0.4, -0.2) is 11.7 Å². The minimum atomic E-state index is -2.57. The number of hydrogen-bond donors (Lipinski definition) is 1. The molecular weight excluding hydrogens is 529 g/mol. The quantitative estimate of drug-likeness (QED) is 0.0596. The second kappa shape index (κ2) is 18.9. The average molecular weight is 574 g/mol. The molecule has 0 saturated heterocycles. The van der Waals surface area contributed by atoms with Crippen LogP contribution in [0.1, 0.15) is 101 Å². The van der Waals surface area contributed by atoms with E-state index in [0.717, 1.165) is 18.4 Å². The van der Waals surface area contributed by atoms with Crippen molar-refractivity contribution in [3.05, 3.63) is 76.7 Å². The Morgan fingerprint density at radius 1 is 0.872 bits per heavy atom. The van der Waals surface area contributed by atoms with E-state index >= 15 is 0 Å². The normalized spacial score (nSPS) is 12.3. The summed E-state index contributed by atoms with van der Waals surface area (Å²) in [4.78, 5) is 0. The Labute approximate surface area is 238 Å². The minimum Gasteiger partial charge on any atom is -0.494 e. The third kappa shape index (κ3) is 13.1. The molecule has 2 atom stereocenters. The highest BCUT2D eigenvalue weighted by Crippen LogP contribution is 2.34. The van der Waals surface area contributed by atoms with Crippen molar-refractivity contribution in [1.29, 1.82) is 0 Å². The molecule has 2 aromatic carbocycles. The van der Waals surface area contributed by atoms with E-state index in [0.29, 0.717) is 30.2 Å². The van der Waals surface area contributed by atoms with Gasteiger partial charge in [0, 0.05) is 15.7 Å². The standard InChI is InChI=1S/C31H44NO5PS/c1-2-3-4-5-6-7-8-9-10-11-12-13-21-35-29-18-15-17-28(24-29)31(33)37-38(34)36-30-19-14-16-27(23-30)25-32-20-22-39-26-32/h14-20,22-24,26,31,33H,2-13,21,25H2,1H3/q+2. The SMILES string of the molecule is CCCCCCCCCCCCCCOc1cccc(C(O)O[P+](=O)Oc2cccc(C[n+]3ccsc3)c2)c1. The number of aliphatic hydroxyl groups is 1. The summed E-state index contributed by atoms with van der Waals surface area (Å²) in [5, 5.41) is 12.5. The van der Waals surface area contributed by atoms with Crippen molar-refractivity contribution in [2.24, 2.45) is 0 Å². The van der Waals surface area contributed by atoms with Crippen LogP contribution in [0.4, 0.5) is 0 Å². The van der Waals surface area contributed by atoms with Gasteiger partial charge < -0.3 is 9.84 Å². The first-order valence-corrected chi connectivity index (χ1v) is 16.4. The molecule has 212 valence electrons. The van der Waals surface area contributed by atoms with Gasteiger partial charge in [0.15, 0.2) is 18.5 Å². The molecule has 2 unspecified atom stereocenters. The molecule has 0 amide bonds. The van der Waals surface area contributed by atoms with Gasteiger partial charge in [-0.15, -0.1) is 0 Å². The zero-order chi connectivity index (χ0) is 27.5. The second-order valence-corrected chi connectivity index (χ2v) is 11.5. The fourth-order valence-corrected chi connectivity index (χ4v) is 5.62. The monoisotopic (exact) mass is 573 g/mol. The lowest BCUT2D eigenvalue weighted by Crippen LogP contribution is -2.30. The third-order valence-electron chi connectivity index (χ3n) is 6.57. The predicted molar refractivity (Wildman–Crippen MR) is 157 cm³/mol. The maximum atomic E-state index is 12.4. The maximum Gasteiger partial charge on any atom is 0.753 e. The first kappa shape index (κ1) is 31.2. The molecule has 3 aromatic rings. The van der Waals surface area contributed by atoms with Crippen molar-refractivity contribution in [3.63, 3.8) is 0 Å². The van der Waals surface area contributed by atoms with Crippen LogP contribution in [0.15, 0.2) is 65.6 Å². The van der Waals surface area contributed by atoms with E-state index in [9.17, 15) is 9.67 Å². The highest BCUT2D eigenvalue weighted by molar-refractivity contribution is 7.33. The molecule has 0 aliphatic carbocycles. The Morgan fingerprint density at radius 3 is 2.23 bits per heavy atom. The van der Waals surface area contributed by atoms with E-state index in [2.05, 4.69) is 11.5 Å². The fourth-order valence-electron chi connectivity index (χ4n) is 4.40. The summed E-state index contributed by atoms with van der Waals surface area (Å²) in [7, 11) is -2.57. The molecule has 0 radical (unpaired) electrons. The molecule has 6 nitrogen and oxygen atoms in total. The van der Waals surface area contributed by atoms with Crippen molar-refractivity contribution in [3.8, 4) is 11.5 Å². The van der Waals surface area contributed by atoms with Crippen LogP contribution in [0, 0.1) is 0 Å². The van der Waals surface area contributed by atoms with Crippen LogP contribution >= 0.6 is 19.6 Å². The van der Waals surface area contributed by atoms with Crippen LogP contribution in [0.2, 0.25) is 0 Å². The Balaban J connectivity index is 1.30. The van der Waals surface area contributed by atoms with Crippen LogP contribution < -0.4 is 13.8 Å². The number of aromatic nitrogens is 1. The van der Waals surface area contributed by atoms with Crippen molar-refractivity contribution >= 4 is 19.6 Å². The van der Waals surface area contributed by atoms with Crippen molar-refractivity contribution in [1.82, 2.24) is 0 Å². The molecule has 0 fully saturated rings. The zero-order valence-corrected chi connectivity index (χ0v) is 24.9. The van der Waals surface area contributed by atoms with Crippen LogP contribution in [0.3, 0.4) is 0 Å². The Hall–Kier alpha value is -2.31. The summed E-state index contributed by atoms with van der Waals surface area (Å²) in [5.41, 5.74) is 3.50. The van der Waals surface area contributed by atoms with Crippen LogP contribution in [-0.2, 0) is 15.6 Å². The molecule has 0 aliphatic rings. The van der Waals surface area contributed by atoms with E-state index in [-0.39, 0.29) is 0 Å². The van der Waals surface area contributed by atoms with Crippen molar-refractivity contribution < 1.29 is 28.0 Å². The largest absolute Gasteiger partial charge is 0.753 e. The second-order valence-electron chi connectivity index (χ2n) is 9.93. The molecule has 0 bridgehead atoms. The van der Waals surface area contributed by atoms with Crippen LogP contribution in [0.5, 0.6) is 11.5 Å². The number of unbranched alkanes of at least 4 members (excludes halogenated alkanes) is 11. The summed E-state index contributed by atoms with van der Waals surface area (Å²) in [6.07, 6.45) is 16.3. The molecule has 1 heterocycles. The van der Waals surface area contributed by atoms with E-state index in [1.54, 1.807) is 35.6 Å². The van der Waals surface area contributed by atoms with Gasteiger partial charge in [0.2, 0.25) is 11.8 Å². The first-order chi connectivity index (χ1) is 19.1. The summed E-state index contributed by atoms with van der Waals surface area (Å²) in [6.45, 7) is 3.58. The Morgan fingerprint density at radius 2 is 1.54 bits per heavy atom. The van der Waals surface area contributed by atoms with Crippen molar-refractivity contribution in [2.75, 3.05) is 6.61 Å². The lowest BCUT2D eigenvalue weighted by molar-refractivity contribution is -0.683. The van der Waals surface area contributed by atoms with Gasteiger partial charge in [-0.3, -0.25) is 0 Å². The van der Waals surface area contributed by atoms with E-state index < -0.39 is 14.5 Å². The number of rotatable bonds is 21. The highest BCUT2D eigenvalue weighted by atomic mass is 32.1. The molecule has 39 heavy (non-hydrogen) atoms. The molecule has 8 heteroatoms. The molecule has 1 N–H and O–H groups in total. The minimum absolute atomic E-state index is 0.427. The first-order valence-electron chi connectivity index (χ1n) is 14.4.